The Morgan fingerprint density at radius 2 is 1.79 bits per heavy atom. The van der Waals surface area contributed by atoms with E-state index >= 15 is 0 Å². The number of thioether (sulfide) groups is 1. The Bertz CT molecular complexity index is 1310. The van der Waals surface area contributed by atoms with Crippen molar-refractivity contribution in [2.24, 2.45) is 0 Å². The fraction of sp³-hybridized carbons (Fsp3) is 0.286. The average Bonchev–Trinajstić information content (AvgIpc) is 2.74. The second-order valence-electron chi connectivity index (χ2n) is 7.38. The fourth-order valence-electron chi connectivity index (χ4n) is 2.83. The molecule has 0 saturated heterocycles. The minimum absolute atomic E-state index is 0.00493. The molecular formula is C21H21F3N4O3S2. The Hall–Kier alpha value is -2.70. The molecule has 0 radical (unpaired) electrons. The van der Waals surface area contributed by atoms with Crippen molar-refractivity contribution in [1.29, 1.82) is 0 Å². The van der Waals surface area contributed by atoms with Crippen molar-refractivity contribution in [3.8, 4) is 0 Å². The highest BCUT2D eigenvalue weighted by molar-refractivity contribution is 8.00. The Morgan fingerprint density at radius 3 is 2.42 bits per heavy atom. The van der Waals surface area contributed by atoms with E-state index < -0.39 is 33.2 Å². The highest BCUT2D eigenvalue weighted by atomic mass is 32.2. The largest absolute Gasteiger partial charge is 0.451 e. The van der Waals surface area contributed by atoms with E-state index in [0.717, 1.165) is 16.1 Å². The molecule has 1 heterocycles. The summed E-state index contributed by atoms with van der Waals surface area (Å²) >= 11 is 0.862. The number of sulfonamides is 1. The number of rotatable bonds is 6. The number of alkyl halides is 3. The molecule has 2 aromatic carbocycles. The minimum atomic E-state index is -4.74. The molecule has 1 atom stereocenters. The van der Waals surface area contributed by atoms with Crippen LogP contribution in [-0.2, 0) is 21.0 Å². The fourth-order valence-corrected chi connectivity index (χ4v) is 4.69. The number of aromatic nitrogens is 2. The second kappa shape index (κ2) is 9.27. The predicted molar refractivity (Wildman–Crippen MR) is 121 cm³/mol. The number of hydrogen-bond donors (Lipinski definition) is 1. The van der Waals surface area contributed by atoms with Crippen LogP contribution in [0.4, 0.5) is 18.9 Å². The van der Waals surface area contributed by atoms with Crippen molar-refractivity contribution in [3.05, 3.63) is 53.9 Å². The zero-order valence-corrected chi connectivity index (χ0v) is 19.8. The van der Waals surface area contributed by atoms with Crippen molar-refractivity contribution < 1.29 is 26.4 Å². The van der Waals surface area contributed by atoms with Crippen LogP contribution in [0.1, 0.15) is 18.3 Å². The van der Waals surface area contributed by atoms with Crippen molar-refractivity contribution in [2.75, 3.05) is 19.4 Å². The van der Waals surface area contributed by atoms with E-state index in [1.54, 1.807) is 31.2 Å². The maximum Gasteiger partial charge on any atom is 0.451 e. The molecule has 3 aromatic rings. The van der Waals surface area contributed by atoms with Gasteiger partial charge in [-0.3, -0.25) is 4.79 Å². The van der Waals surface area contributed by atoms with E-state index in [9.17, 15) is 26.4 Å². The number of carbonyl (C=O) groups excluding carboxylic acids is 1. The summed E-state index contributed by atoms with van der Waals surface area (Å²) in [6, 6.07) is 10.6. The molecule has 176 valence electrons. The summed E-state index contributed by atoms with van der Waals surface area (Å²) in [5.74, 6) is -1.80. The van der Waals surface area contributed by atoms with Gasteiger partial charge in [0.05, 0.1) is 15.7 Å². The van der Waals surface area contributed by atoms with Crippen LogP contribution in [0.3, 0.4) is 0 Å². The zero-order chi connectivity index (χ0) is 24.6. The van der Waals surface area contributed by atoms with Gasteiger partial charge in [-0.1, -0.05) is 36.0 Å². The van der Waals surface area contributed by atoms with Gasteiger partial charge in [-0.25, -0.2) is 22.7 Å². The van der Waals surface area contributed by atoms with Gasteiger partial charge < -0.3 is 5.32 Å². The monoisotopic (exact) mass is 498 g/mol. The Balaban J connectivity index is 1.89. The van der Waals surface area contributed by atoms with Crippen molar-refractivity contribution in [2.45, 2.75) is 35.2 Å². The molecule has 0 spiro atoms. The number of hydrogen-bond acceptors (Lipinski definition) is 6. The minimum Gasteiger partial charge on any atom is -0.325 e. The van der Waals surface area contributed by atoms with Gasteiger partial charge in [0, 0.05) is 25.2 Å². The molecule has 0 aliphatic carbocycles. The van der Waals surface area contributed by atoms with E-state index in [4.69, 9.17) is 0 Å². The number of nitrogens with zero attached hydrogens (tertiary/aromatic N) is 3. The lowest BCUT2D eigenvalue weighted by Gasteiger charge is -2.17. The summed E-state index contributed by atoms with van der Waals surface area (Å²) in [5, 5.41) is 2.25. The highest BCUT2D eigenvalue weighted by Gasteiger charge is 2.36. The third kappa shape index (κ3) is 5.45. The molecule has 0 fully saturated rings. The van der Waals surface area contributed by atoms with Crippen LogP contribution in [0.15, 0.2) is 52.4 Å². The molecule has 1 unspecified atom stereocenters. The lowest BCUT2D eigenvalue weighted by Crippen LogP contribution is -2.25. The molecule has 1 aromatic heterocycles. The van der Waals surface area contributed by atoms with Gasteiger partial charge in [-0.15, -0.1) is 0 Å². The lowest BCUT2D eigenvalue weighted by atomic mass is 10.2. The van der Waals surface area contributed by atoms with Crippen molar-refractivity contribution in [3.63, 3.8) is 0 Å². The smallest absolute Gasteiger partial charge is 0.325 e. The summed E-state index contributed by atoms with van der Waals surface area (Å²) in [6.07, 6.45) is -4.74. The number of amides is 1. The number of anilines is 1. The summed E-state index contributed by atoms with van der Waals surface area (Å²) in [4.78, 5) is 20.1. The molecule has 12 heteroatoms. The summed E-state index contributed by atoms with van der Waals surface area (Å²) < 4.78 is 65.6. The van der Waals surface area contributed by atoms with Gasteiger partial charge in [0.25, 0.3) is 0 Å². The number of fused-ring (bicyclic) bond motifs is 1. The summed E-state index contributed by atoms with van der Waals surface area (Å²) in [6.45, 7) is 3.23. The predicted octanol–water partition coefficient (Wildman–Crippen LogP) is 4.33. The molecular weight excluding hydrogens is 477 g/mol. The van der Waals surface area contributed by atoms with Crippen LogP contribution < -0.4 is 5.32 Å². The number of aryl methyl sites for hydroxylation is 1. The molecule has 1 amide bonds. The highest BCUT2D eigenvalue weighted by Crippen LogP contribution is 2.34. The summed E-state index contributed by atoms with van der Waals surface area (Å²) in [5.41, 5.74) is 1.04. The number of benzene rings is 2. The van der Waals surface area contributed by atoms with E-state index in [1.165, 1.54) is 39.2 Å². The lowest BCUT2D eigenvalue weighted by molar-refractivity contribution is -0.145. The zero-order valence-electron chi connectivity index (χ0n) is 18.1. The van der Waals surface area contributed by atoms with Gasteiger partial charge in [0.2, 0.25) is 21.8 Å². The first-order valence-corrected chi connectivity index (χ1v) is 12.0. The van der Waals surface area contributed by atoms with E-state index in [-0.39, 0.29) is 15.4 Å². The first-order valence-electron chi connectivity index (χ1n) is 9.65. The Kier molecular flexibility index (Phi) is 7.01. The van der Waals surface area contributed by atoms with Crippen LogP contribution in [0.5, 0.6) is 0 Å². The molecule has 1 N–H and O–H groups in total. The van der Waals surface area contributed by atoms with E-state index in [0.29, 0.717) is 16.6 Å². The molecule has 0 bridgehead atoms. The molecule has 7 nitrogen and oxygen atoms in total. The van der Waals surface area contributed by atoms with Crippen LogP contribution in [0, 0.1) is 6.92 Å². The number of halogens is 3. The number of carbonyl (C=O) groups is 1. The van der Waals surface area contributed by atoms with Gasteiger partial charge in [-0.2, -0.15) is 13.2 Å². The van der Waals surface area contributed by atoms with Gasteiger partial charge in [0.15, 0.2) is 0 Å². The Morgan fingerprint density at radius 1 is 1.12 bits per heavy atom. The maximum absolute atomic E-state index is 13.2. The quantitative estimate of drug-likeness (QED) is 0.402. The molecule has 0 aliphatic heterocycles. The van der Waals surface area contributed by atoms with Crippen molar-refractivity contribution >= 4 is 44.3 Å². The van der Waals surface area contributed by atoms with Crippen LogP contribution >= 0.6 is 11.8 Å². The standard InChI is InChI=1S/C21H21F3N4O3S2/c1-12-9-10-14(33(30,31)28(3)4)11-17(12)25-18(29)13(2)32-19-15-7-5-6-8-16(15)26-20(27-19)21(22,23)24/h5-11,13H,1-4H3,(H,25,29). The SMILES string of the molecule is Cc1ccc(S(=O)(=O)N(C)C)cc1NC(=O)C(C)Sc1nc(C(F)(F)F)nc2ccccc12. The van der Waals surface area contributed by atoms with Gasteiger partial charge in [0.1, 0.15) is 5.03 Å². The third-order valence-corrected chi connectivity index (χ3v) is 7.64. The summed E-state index contributed by atoms with van der Waals surface area (Å²) in [7, 11) is -0.918. The topological polar surface area (TPSA) is 92.3 Å². The molecule has 33 heavy (non-hydrogen) atoms. The van der Waals surface area contributed by atoms with Crippen LogP contribution in [-0.4, -0.2) is 47.9 Å². The van der Waals surface area contributed by atoms with Crippen LogP contribution in [0.25, 0.3) is 10.9 Å². The maximum atomic E-state index is 13.2. The first kappa shape index (κ1) is 24.9. The second-order valence-corrected chi connectivity index (χ2v) is 10.9. The third-order valence-electron chi connectivity index (χ3n) is 4.72. The van der Waals surface area contributed by atoms with Crippen LogP contribution in [0.2, 0.25) is 0 Å². The number of para-hydroxylation sites is 1. The normalized spacial score (nSPS) is 13.3. The molecule has 0 aliphatic rings. The van der Waals surface area contributed by atoms with E-state index in [1.807, 2.05) is 0 Å². The molecule has 0 saturated carbocycles. The average molecular weight is 499 g/mol. The van der Waals surface area contributed by atoms with Gasteiger partial charge >= 0.3 is 6.18 Å². The molecule has 3 rings (SSSR count). The Labute approximate surface area is 193 Å². The number of nitrogens with one attached hydrogen (secondary N) is 1. The van der Waals surface area contributed by atoms with Gasteiger partial charge in [-0.05, 0) is 37.6 Å². The first-order chi connectivity index (χ1) is 15.3. The van der Waals surface area contributed by atoms with Crippen molar-refractivity contribution in [1.82, 2.24) is 14.3 Å². The van der Waals surface area contributed by atoms with E-state index in [2.05, 4.69) is 15.3 Å².